The van der Waals surface area contributed by atoms with E-state index in [0.29, 0.717) is 29.1 Å². The van der Waals surface area contributed by atoms with Gasteiger partial charge in [0.15, 0.2) is 11.3 Å². The summed E-state index contributed by atoms with van der Waals surface area (Å²) in [6.07, 6.45) is -1.69. The van der Waals surface area contributed by atoms with Crippen LogP contribution in [0.3, 0.4) is 0 Å². The lowest BCUT2D eigenvalue weighted by Gasteiger charge is -2.30. The third-order valence-electron chi connectivity index (χ3n) is 5.13. The number of hydrogen-bond donors (Lipinski definition) is 0. The summed E-state index contributed by atoms with van der Waals surface area (Å²) in [5, 5.41) is 3.84. The lowest BCUT2D eigenvalue weighted by Crippen LogP contribution is -2.37. The standard InChI is InChI=1S/C20H19F3N4O/c1-13-7-9-26(10-8-13)19(28)15-12-24-27-17(20(21,22)23)11-16(25-18(15)27)14-5-3-2-4-6-14/h2-6,11-13H,7-10H2,1H3. The van der Waals surface area contributed by atoms with E-state index in [1.807, 2.05) is 0 Å². The van der Waals surface area contributed by atoms with Crippen molar-refractivity contribution in [3.05, 3.63) is 53.9 Å². The van der Waals surface area contributed by atoms with Gasteiger partial charge >= 0.3 is 6.18 Å². The molecule has 8 heteroatoms. The number of likely N-dealkylation sites (tertiary alicyclic amines) is 1. The van der Waals surface area contributed by atoms with E-state index in [0.717, 1.165) is 18.9 Å². The summed E-state index contributed by atoms with van der Waals surface area (Å²) in [4.78, 5) is 19.0. The van der Waals surface area contributed by atoms with Gasteiger partial charge < -0.3 is 4.90 Å². The molecule has 0 atom stereocenters. The van der Waals surface area contributed by atoms with Gasteiger partial charge in [0.2, 0.25) is 0 Å². The summed E-state index contributed by atoms with van der Waals surface area (Å²) >= 11 is 0. The van der Waals surface area contributed by atoms with E-state index >= 15 is 0 Å². The van der Waals surface area contributed by atoms with Crippen LogP contribution in [0.15, 0.2) is 42.6 Å². The van der Waals surface area contributed by atoms with Crippen LogP contribution >= 0.6 is 0 Å². The van der Waals surface area contributed by atoms with Crippen LogP contribution in [-0.4, -0.2) is 38.5 Å². The van der Waals surface area contributed by atoms with Gasteiger partial charge in [-0.05, 0) is 24.8 Å². The van der Waals surface area contributed by atoms with Gasteiger partial charge in [0.1, 0.15) is 5.56 Å². The highest BCUT2D eigenvalue weighted by molar-refractivity contribution is 6.00. The molecule has 146 valence electrons. The molecule has 1 saturated heterocycles. The van der Waals surface area contributed by atoms with Crippen LogP contribution < -0.4 is 0 Å². The number of carbonyl (C=O) groups excluding carboxylic acids is 1. The number of aromatic nitrogens is 3. The van der Waals surface area contributed by atoms with Gasteiger partial charge in [0, 0.05) is 18.7 Å². The van der Waals surface area contributed by atoms with Crippen LogP contribution in [0.5, 0.6) is 0 Å². The van der Waals surface area contributed by atoms with E-state index < -0.39 is 11.9 Å². The number of halogens is 3. The highest BCUT2D eigenvalue weighted by atomic mass is 19.4. The van der Waals surface area contributed by atoms with Gasteiger partial charge in [-0.2, -0.15) is 18.3 Å². The maximum absolute atomic E-state index is 13.6. The van der Waals surface area contributed by atoms with Crippen molar-refractivity contribution in [3.8, 4) is 11.3 Å². The minimum Gasteiger partial charge on any atom is -0.338 e. The monoisotopic (exact) mass is 388 g/mol. The van der Waals surface area contributed by atoms with Gasteiger partial charge in [-0.1, -0.05) is 37.3 Å². The van der Waals surface area contributed by atoms with E-state index in [1.165, 1.54) is 6.20 Å². The molecular formula is C20H19F3N4O. The largest absolute Gasteiger partial charge is 0.433 e. The Balaban J connectivity index is 1.84. The van der Waals surface area contributed by atoms with E-state index in [4.69, 9.17) is 0 Å². The molecule has 1 amide bonds. The highest BCUT2D eigenvalue weighted by Crippen LogP contribution is 2.33. The van der Waals surface area contributed by atoms with Gasteiger partial charge in [0.25, 0.3) is 5.91 Å². The Labute approximate surface area is 159 Å². The van der Waals surface area contributed by atoms with Gasteiger partial charge in [-0.3, -0.25) is 4.79 Å². The first-order valence-corrected chi connectivity index (χ1v) is 9.15. The van der Waals surface area contributed by atoms with E-state index in [1.54, 1.807) is 35.2 Å². The summed E-state index contributed by atoms with van der Waals surface area (Å²) < 4.78 is 41.6. The third-order valence-corrected chi connectivity index (χ3v) is 5.13. The van der Waals surface area contributed by atoms with E-state index in [2.05, 4.69) is 17.0 Å². The number of alkyl halides is 3. The Morgan fingerprint density at radius 3 is 2.46 bits per heavy atom. The second-order valence-electron chi connectivity index (χ2n) is 7.16. The topological polar surface area (TPSA) is 50.5 Å². The number of fused-ring (bicyclic) bond motifs is 1. The van der Waals surface area contributed by atoms with Crippen molar-refractivity contribution in [1.29, 1.82) is 0 Å². The predicted octanol–water partition coefficient (Wildman–Crippen LogP) is 4.29. The molecule has 1 aliphatic rings. The summed E-state index contributed by atoms with van der Waals surface area (Å²) in [5.41, 5.74) is -0.234. The van der Waals surface area contributed by atoms with E-state index in [-0.39, 0.29) is 22.8 Å². The lowest BCUT2D eigenvalue weighted by atomic mass is 9.99. The molecule has 0 aliphatic carbocycles. The van der Waals surface area contributed by atoms with Crippen molar-refractivity contribution in [2.45, 2.75) is 25.9 Å². The lowest BCUT2D eigenvalue weighted by molar-refractivity contribution is -0.142. The molecular weight excluding hydrogens is 369 g/mol. The fourth-order valence-corrected chi connectivity index (χ4v) is 3.45. The van der Waals surface area contributed by atoms with Crippen LogP contribution in [0.4, 0.5) is 13.2 Å². The average molecular weight is 388 g/mol. The molecule has 1 aromatic carbocycles. The Hall–Kier alpha value is -2.90. The molecule has 0 radical (unpaired) electrons. The smallest absolute Gasteiger partial charge is 0.338 e. The van der Waals surface area contributed by atoms with Crippen molar-refractivity contribution in [1.82, 2.24) is 19.5 Å². The van der Waals surface area contributed by atoms with Crippen LogP contribution in [0.2, 0.25) is 0 Å². The molecule has 28 heavy (non-hydrogen) atoms. The molecule has 0 bridgehead atoms. The molecule has 0 spiro atoms. The van der Waals surface area contributed by atoms with Gasteiger partial charge in [-0.25, -0.2) is 9.50 Å². The number of carbonyl (C=O) groups is 1. The zero-order valence-corrected chi connectivity index (χ0v) is 15.3. The third kappa shape index (κ3) is 3.34. The molecule has 4 rings (SSSR count). The summed E-state index contributed by atoms with van der Waals surface area (Å²) in [7, 11) is 0. The fraction of sp³-hybridized carbons (Fsp3) is 0.350. The average Bonchev–Trinajstić information content (AvgIpc) is 3.11. The first kappa shape index (κ1) is 18.5. The Morgan fingerprint density at radius 1 is 1.14 bits per heavy atom. The molecule has 1 aliphatic heterocycles. The fourth-order valence-electron chi connectivity index (χ4n) is 3.45. The Bertz CT molecular complexity index is 1010. The highest BCUT2D eigenvalue weighted by Gasteiger charge is 2.36. The quantitative estimate of drug-likeness (QED) is 0.658. The van der Waals surface area contributed by atoms with Gasteiger partial charge in [-0.15, -0.1) is 0 Å². The SMILES string of the molecule is CC1CCN(C(=O)c2cnn3c(C(F)(F)F)cc(-c4ccccc4)nc23)CC1. The van der Waals surface area contributed by atoms with Crippen molar-refractivity contribution in [2.75, 3.05) is 13.1 Å². The van der Waals surface area contributed by atoms with Crippen LogP contribution in [0.1, 0.15) is 35.8 Å². The Kier molecular flexibility index (Phi) is 4.56. The zero-order chi connectivity index (χ0) is 19.9. The number of piperidine rings is 1. The number of hydrogen-bond acceptors (Lipinski definition) is 3. The maximum atomic E-state index is 13.6. The molecule has 3 aromatic rings. The summed E-state index contributed by atoms with van der Waals surface area (Å²) in [5.74, 6) is 0.209. The maximum Gasteiger partial charge on any atom is 0.433 e. The molecule has 5 nitrogen and oxygen atoms in total. The van der Waals surface area contributed by atoms with Crippen LogP contribution in [0, 0.1) is 5.92 Å². The number of rotatable bonds is 2. The van der Waals surface area contributed by atoms with Gasteiger partial charge in [0.05, 0.1) is 11.9 Å². The Morgan fingerprint density at radius 2 is 1.82 bits per heavy atom. The second kappa shape index (κ2) is 6.92. The van der Waals surface area contributed by atoms with Crippen molar-refractivity contribution in [3.63, 3.8) is 0 Å². The van der Waals surface area contributed by atoms with Crippen LogP contribution in [0.25, 0.3) is 16.9 Å². The number of amides is 1. The molecule has 0 saturated carbocycles. The first-order valence-electron chi connectivity index (χ1n) is 9.15. The second-order valence-corrected chi connectivity index (χ2v) is 7.16. The van der Waals surface area contributed by atoms with Crippen molar-refractivity contribution in [2.24, 2.45) is 5.92 Å². The molecule has 0 unspecified atom stereocenters. The number of nitrogens with zero attached hydrogens (tertiary/aromatic N) is 4. The normalized spacial score (nSPS) is 15.9. The number of benzene rings is 1. The molecule has 3 heterocycles. The van der Waals surface area contributed by atoms with Crippen molar-refractivity contribution < 1.29 is 18.0 Å². The zero-order valence-electron chi connectivity index (χ0n) is 15.3. The van der Waals surface area contributed by atoms with Crippen molar-refractivity contribution >= 4 is 11.6 Å². The van der Waals surface area contributed by atoms with E-state index in [9.17, 15) is 18.0 Å². The minimum atomic E-state index is -4.63. The molecule has 2 aromatic heterocycles. The minimum absolute atomic E-state index is 0.0719. The summed E-state index contributed by atoms with van der Waals surface area (Å²) in [6.45, 7) is 3.30. The molecule has 0 N–H and O–H groups in total. The summed E-state index contributed by atoms with van der Waals surface area (Å²) in [6, 6.07) is 9.56. The first-order chi connectivity index (χ1) is 13.3. The predicted molar refractivity (Wildman–Crippen MR) is 97.7 cm³/mol. The molecule has 1 fully saturated rings. The van der Waals surface area contributed by atoms with Crippen LogP contribution in [-0.2, 0) is 6.18 Å².